The fraction of sp³-hybridized carbons (Fsp3) is 0.0667. The number of hydrogen-bond donors (Lipinski definition) is 1. The zero-order valence-electron chi connectivity index (χ0n) is 11.4. The summed E-state index contributed by atoms with van der Waals surface area (Å²) in [5.74, 6) is -2.19. The minimum Gasteiger partial charge on any atom is -0.316 e. The zero-order valence-corrected chi connectivity index (χ0v) is 13.0. The molecule has 22 heavy (non-hydrogen) atoms. The van der Waals surface area contributed by atoms with Crippen LogP contribution in [-0.4, -0.2) is 10.9 Å². The molecule has 0 aliphatic rings. The molecule has 3 nitrogen and oxygen atoms in total. The fourth-order valence-electron chi connectivity index (χ4n) is 1.90. The average molecular weight is 336 g/mol. The molecule has 1 N–H and O–H groups in total. The van der Waals surface area contributed by atoms with E-state index in [4.69, 9.17) is 0 Å². The first-order valence-corrected chi connectivity index (χ1v) is 8.02. The first-order valence-electron chi connectivity index (χ1n) is 6.33. The number of halogens is 2. The van der Waals surface area contributed by atoms with Crippen molar-refractivity contribution in [2.24, 2.45) is 0 Å². The van der Waals surface area contributed by atoms with Crippen molar-refractivity contribution in [2.75, 3.05) is 5.32 Å². The first-order chi connectivity index (χ1) is 10.6. The van der Waals surface area contributed by atoms with E-state index in [1.54, 1.807) is 6.92 Å². The van der Waals surface area contributed by atoms with E-state index in [0.717, 1.165) is 17.0 Å². The Balaban J connectivity index is 1.90. The number of nitrogens with zero attached hydrogens (tertiary/aromatic N) is 1. The van der Waals surface area contributed by atoms with Gasteiger partial charge in [-0.05, 0) is 30.5 Å². The van der Waals surface area contributed by atoms with Crippen LogP contribution in [0.25, 0.3) is 9.88 Å². The van der Waals surface area contributed by atoms with Crippen LogP contribution >= 0.6 is 22.7 Å². The van der Waals surface area contributed by atoms with Gasteiger partial charge in [-0.15, -0.1) is 22.7 Å². The zero-order chi connectivity index (χ0) is 15.7. The second kappa shape index (κ2) is 5.94. The van der Waals surface area contributed by atoms with Crippen LogP contribution in [0.2, 0.25) is 0 Å². The number of anilines is 1. The monoisotopic (exact) mass is 336 g/mol. The van der Waals surface area contributed by atoms with E-state index in [2.05, 4.69) is 10.3 Å². The number of benzene rings is 1. The van der Waals surface area contributed by atoms with Crippen molar-refractivity contribution in [2.45, 2.75) is 6.92 Å². The van der Waals surface area contributed by atoms with Crippen LogP contribution < -0.4 is 5.32 Å². The first kappa shape index (κ1) is 14.8. The maximum absolute atomic E-state index is 13.6. The van der Waals surface area contributed by atoms with Crippen molar-refractivity contribution in [3.63, 3.8) is 0 Å². The van der Waals surface area contributed by atoms with E-state index in [1.807, 2.05) is 17.5 Å². The van der Waals surface area contributed by atoms with E-state index in [1.165, 1.54) is 28.7 Å². The summed E-state index contributed by atoms with van der Waals surface area (Å²) >= 11 is 2.71. The number of carbonyl (C=O) groups is 1. The Morgan fingerprint density at radius 2 is 1.91 bits per heavy atom. The van der Waals surface area contributed by atoms with Gasteiger partial charge in [-0.1, -0.05) is 12.1 Å². The van der Waals surface area contributed by atoms with Crippen molar-refractivity contribution in [3.05, 3.63) is 57.9 Å². The van der Waals surface area contributed by atoms with Gasteiger partial charge < -0.3 is 5.32 Å². The quantitative estimate of drug-likeness (QED) is 0.752. The van der Waals surface area contributed by atoms with Gasteiger partial charge in [0.15, 0.2) is 0 Å². The predicted octanol–water partition coefficient (Wildman–Crippen LogP) is 4.71. The highest BCUT2D eigenvalue weighted by Crippen LogP contribution is 2.31. The summed E-state index contributed by atoms with van der Waals surface area (Å²) in [4.78, 5) is 17.9. The summed E-state index contributed by atoms with van der Waals surface area (Å²) in [6.07, 6.45) is 0. The lowest BCUT2D eigenvalue weighted by molar-refractivity contribution is 0.102. The Hall–Kier alpha value is -2.12. The van der Waals surface area contributed by atoms with Crippen molar-refractivity contribution in [1.82, 2.24) is 4.98 Å². The number of thiophene rings is 1. The van der Waals surface area contributed by atoms with Gasteiger partial charge in [-0.2, -0.15) is 0 Å². The molecule has 0 aliphatic heterocycles. The lowest BCUT2D eigenvalue weighted by Crippen LogP contribution is -2.14. The van der Waals surface area contributed by atoms with E-state index in [-0.39, 0.29) is 0 Å². The summed E-state index contributed by atoms with van der Waals surface area (Å²) in [7, 11) is 0. The van der Waals surface area contributed by atoms with E-state index >= 15 is 0 Å². The molecule has 0 aliphatic carbocycles. The molecule has 7 heteroatoms. The minimum absolute atomic E-state index is 0.339. The van der Waals surface area contributed by atoms with Gasteiger partial charge in [0.2, 0.25) is 0 Å². The SMILES string of the molecule is Cc1nc(-c2cccs2)sc1C(=O)Nc1c(F)cccc1F. The van der Waals surface area contributed by atoms with E-state index < -0.39 is 23.2 Å². The number of carbonyl (C=O) groups excluding carboxylic acids is 1. The summed E-state index contributed by atoms with van der Waals surface area (Å²) in [5.41, 5.74) is 0.0839. The van der Waals surface area contributed by atoms with E-state index in [0.29, 0.717) is 15.6 Å². The van der Waals surface area contributed by atoms with Crippen LogP contribution in [0.5, 0.6) is 0 Å². The van der Waals surface area contributed by atoms with Crippen LogP contribution in [0.4, 0.5) is 14.5 Å². The Bertz CT molecular complexity index is 808. The molecule has 0 bridgehead atoms. The molecular formula is C15H10F2N2OS2. The molecule has 0 saturated heterocycles. The summed E-state index contributed by atoms with van der Waals surface area (Å²) in [6.45, 7) is 1.69. The van der Waals surface area contributed by atoms with Gasteiger partial charge in [0.25, 0.3) is 5.91 Å². The van der Waals surface area contributed by atoms with Crippen molar-refractivity contribution < 1.29 is 13.6 Å². The highest BCUT2D eigenvalue weighted by Gasteiger charge is 2.19. The Morgan fingerprint density at radius 3 is 2.55 bits per heavy atom. The highest BCUT2D eigenvalue weighted by molar-refractivity contribution is 7.22. The molecule has 112 valence electrons. The summed E-state index contributed by atoms with van der Waals surface area (Å²) in [5, 5.41) is 4.91. The molecule has 2 heterocycles. The van der Waals surface area contributed by atoms with Gasteiger partial charge >= 0.3 is 0 Å². The number of hydrogen-bond acceptors (Lipinski definition) is 4. The van der Waals surface area contributed by atoms with Crippen molar-refractivity contribution in [3.8, 4) is 9.88 Å². The number of amides is 1. The number of aromatic nitrogens is 1. The molecule has 0 fully saturated rings. The second-order valence-corrected chi connectivity index (χ2v) is 6.41. The fourth-order valence-corrected chi connectivity index (χ4v) is 3.66. The lowest BCUT2D eigenvalue weighted by atomic mass is 10.2. The summed E-state index contributed by atoms with van der Waals surface area (Å²) in [6, 6.07) is 7.23. The van der Waals surface area contributed by atoms with Gasteiger partial charge in [-0.3, -0.25) is 4.79 Å². The molecule has 3 rings (SSSR count). The average Bonchev–Trinajstić information content (AvgIpc) is 3.12. The number of aryl methyl sites for hydroxylation is 1. The Labute approximate surface area is 133 Å². The van der Waals surface area contributed by atoms with Crippen molar-refractivity contribution in [1.29, 1.82) is 0 Å². The Morgan fingerprint density at radius 1 is 1.18 bits per heavy atom. The molecule has 0 spiro atoms. The Kier molecular flexibility index (Phi) is 4.00. The maximum atomic E-state index is 13.6. The van der Waals surface area contributed by atoms with Gasteiger partial charge in [-0.25, -0.2) is 13.8 Å². The second-order valence-electron chi connectivity index (χ2n) is 4.46. The third-order valence-electron chi connectivity index (χ3n) is 2.94. The van der Waals surface area contributed by atoms with Crippen molar-refractivity contribution >= 4 is 34.3 Å². The van der Waals surface area contributed by atoms with Gasteiger partial charge in [0, 0.05) is 0 Å². The van der Waals surface area contributed by atoms with Crippen LogP contribution in [0.15, 0.2) is 35.7 Å². The molecule has 1 aromatic carbocycles. The summed E-state index contributed by atoms with van der Waals surface area (Å²) < 4.78 is 27.2. The third-order valence-corrected chi connectivity index (χ3v) is 5.13. The molecule has 2 aromatic heterocycles. The van der Waals surface area contributed by atoms with Crippen LogP contribution in [0, 0.1) is 18.6 Å². The maximum Gasteiger partial charge on any atom is 0.267 e. The standard InChI is InChI=1S/C15H10F2N2OS2/c1-8-13(22-15(18-8)11-6-3-7-21-11)14(20)19-12-9(16)4-2-5-10(12)17/h2-7H,1H3,(H,19,20). The molecule has 0 saturated carbocycles. The number of thiazole rings is 1. The normalized spacial score (nSPS) is 10.7. The third kappa shape index (κ3) is 2.77. The minimum atomic E-state index is -0.811. The van der Waals surface area contributed by atoms with Crippen LogP contribution in [0.3, 0.4) is 0 Å². The molecule has 0 radical (unpaired) electrons. The molecule has 0 unspecified atom stereocenters. The number of rotatable bonds is 3. The lowest BCUT2D eigenvalue weighted by Gasteiger charge is -2.06. The molecule has 3 aromatic rings. The highest BCUT2D eigenvalue weighted by atomic mass is 32.1. The smallest absolute Gasteiger partial charge is 0.267 e. The van der Waals surface area contributed by atoms with Gasteiger partial charge in [0.05, 0.1) is 10.6 Å². The largest absolute Gasteiger partial charge is 0.316 e. The van der Waals surface area contributed by atoms with Gasteiger partial charge in [0.1, 0.15) is 27.2 Å². The van der Waals surface area contributed by atoms with Crippen LogP contribution in [0.1, 0.15) is 15.4 Å². The molecular weight excluding hydrogens is 326 g/mol. The van der Waals surface area contributed by atoms with Crippen LogP contribution in [-0.2, 0) is 0 Å². The predicted molar refractivity (Wildman–Crippen MR) is 84.5 cm³/mol. The molecule has 0 atom stereocenters. The number of para-hydroxylation sites is 1. The van der Waals surface area contributed by atoms with E-state index in [9.17, 15) is 13.6 Å². The number of nitrogens with one attached hydrogen (secondary N) is 1. The molecule has 1 amide bonds. The topological polar surface area (TPSA) is 42.0 Å².